The van der Waals surface area contributed by atoms with E-state index in [0.717, 1.165) is 25.7 Å². The lowest BCUT2D eigenvalue weighted by Crippen LogP contribution is -2.34. The molecule has 1 fully saturated rings. The fraction of sp³-hybridized carbons (Fsp3) is 0.500. The molecule has 0 bridgehead atoms. The van der Waals surface area contributed by atoms with Gasteiger partial charge >= 0.3 is 5.82 Å². The smallest absolute Gasteiger partial charge is 0.323 e. The van der Waals surface area contributed by atoms with Crippen molar-refractivity contribution in [1.29, 1.82) is 0 Å². The molecule has 106 valence electrons. The van der Waals surface area contributed by atoms with Crippen molar-refractivity contribution in [3.8, 4) is 11.6 Å². The fourth-order valence-electron chi connectivity index (χ4n) is 2.66. The molecule has 2 N–H and O–H groups in total. The summed E-state index contributed by atoms with van der Waals surface area (Å²) in [6.07, 6.45) is 3.77. The summed E-state index contributed by atoms with van der Waals surface area (Å²) in [5.74, 6) is 0.712. The minimum absolute atomic E-state index is 0.0249. The summed E-state index contributed by atoms with van der Waals surface area (Å²) in [6.45, 7) is 0. The summed E-state index contributed by atoms with van der Waals surface area (Å²) in [5, 5.41) is 14.8. The molecule has 1 aliphatic carbocycles. The average Bonchev–Trinajstić information content (AvgIpc) is 3.07. The molecule has 0 aliphatic heterocycles. The molecule has 1 aliphatic rings. The van der Waals surface area contributed by atoms with E-state index in [1.165, 1.54) is 10.6 Å². The minimum atomic E-state index is -0.529. The van der Waals surface area contributed by atoms with Crippen LogP contribution >= 0.6 is 0 Å². The predicted molar refractivity (Wildman–Crippen MR) is 69.7 cm³/mol. The highest BCUT2D eigenvalue weighted by Crippen LogP contribution is 2.35. The molecular weight excluding hydrogens is 262 g/mol. The van der Waals surface area contributed by atoms with Crippen LogP contribution in [0.2, 0.25) is 0 Å². The second kappa shape index (κ2) is 4.41. The van der Waals surface area contributed by atoms with Gasteiger partial charge in [0.1, 0.15) is 0 Å². The van der Waals surface area contributed by atoms with Crippen molar-refractivity contribution < 1.29 is 9.45 Å². The van der Waals surface area contributed by atoms with Crippen LogP contribution < -0.4 is 5.73 Å². The van der Waals surface area contributed by atoms with Crippen LogP contribution in [0.3, 0.4) is 0 Å². The summed E-state index contributed by atoms with van der Waals surface area (Å²) in [6, 6.07) is 3.00. The van der Waals surface area contributed by atoms with Crippen LogP contribution in [-0.2, 0) is 12.6 Å². The van der Waals surface area contributed by atoms with E-state index < -0.39 is 10.5 Å². The Balaban J connectivity index is 1.96. The van der Waals surface area contributed by atoms with E-state index in [1.807, 2.05) is 0 Å². The summed E-state index contributed by atoms with van der Waals surface area (Å²) >= 11 is 0. The number of nitrogens with zero attached hydrogens (tertiary/aromatic N) is 4. The Hall–Kier alpha value is -2.22. The van der Waals surface area contributed by atoms with Crippen LogP contribution in [0.15, 0.2) is 16.7 Å². The van der Waals surface area contributed by atoms with E-state index in [4.69, 9.17) is 10.3 Å². The SMILES string of the molecule is Cn1c(-c2nc(C3(N)CCCC3)no2)ccc1[N+](=O)[O-]. The van der Waals surface area contributed by atoms with Gasteiger partial charge in [-0.2, -0.15) is 4.98 Å². The molecule has 2 heterocycles. The van der Waals surface area contributed by atoms with Gasteiger partial charge in [0.15, 0.2) is 11.5 Å². The van der Waals surface area contributed by atoms with Crippen molar-refractivity contribution in [3.63, 3.8) is 0 Å². The van der Waals surface area contributed by atoms with Crippen molar-refractivity contribution in [2.45, 2.75) is 31.2 Å². The number of nitrogens with two attached hydrogens (primary N) is 1. The van der Waals surface area contributed by atoms with Gasteiger partial charge in [0.2, 0.25) is 0 Å². The highest BCUT2D eigenvalue weighted by Gasteiger charge is 2.36. The molecule has 8 heteroatoms. The normalized spacial score (nSPS) is 17.5. The van der Waals surface area contributed by atoms with Crippen LogP contribution in [0.4, 0.5) is 5.82 Å². The number of aromatic nitrogens is 3. The van der Waals surface area contributed by atoms with E-state index in [1.54, 1.807) is 13.1 Å². The second-order valence-corrected chi connectivity index (χ2v) is 5.18. The van der Waals surface area contributed by atoms with E-state index in [9.17, 15) is 10.1 Å². The molecule has 2 aromatic heterocycles. The summed E-state index contributed by atoms with van der Waals surface area (Å²) < 4.78 is 6.63. The monoisotopic (exact) mass is 277 g/mol. The van der Waals surface area contributed by atoms with Gasteiger partial charge in [0.05, 0.1) is 12.6 Å². The molecule has 2 aromatic rings. The molecule has 1 saturated carbocycles. The Kier molecular flexibility index (Phi) is 2.82. The maximum atomic E-state index is 10.8. The van der Waals surface area contributed by atoms with E-state index >= 15 is 0 Å². The molecule has 3 rings (SSSR count). The molecular formula is C12H15N5O3. The third-order valence-electron chi connectivity index (χ3n) is 3.87. The lowest BCUT2D eigenvalue weighted by molar-refractivity contribution is -0.391. The number of hydrogen-bond donors (Lipinski definition) is 1. The first-order valence-electron chi connectivity index (χ1n) is 6.45. The van der Waals surface area contributed by atoms with Crippen LogP contribution in [0.5, 0.6) is 0 Å². The van der Waals surface area contributed by atoms with Crippen LogP contribution in [0.1, 0.15) is 31.5 Å². The van der Waals surface area contributed by atoms with Crippen molar-refractivity contribution in [2.24, 2.45) is 12.8 Å². The van der Waals surface area contributed by atoms with Crippen molar-refractivity contribution in [3.05, 3.63) is 28.1 Å². The van der Waals surface area contributed by atoms with Crippen molar-refractivity contribution in [2.75, 3.05) is 0 Å². The van der Waals surface area contributed by atoms with E-state index in [0.29, 0.717) is 11.5 Å². The lowest BCUT2D eigenvalue weighted by Gasteiger charge is -2.17. The number of rotatable bonds is 3. The molecule has 0 amide bonds. The zero-order valence-electron chi connectivity index (χ0n) is 11.1. The molecule has 20 heavy (non-hydrogen) atoms. The molecule has 8 nitrogen and oxygen atoms in total. The Bertz CT molecular complexity index is 654. The summed E-state index contributed by atoms with van der Waals surface area (Å²) in [4.78, 5) is 14.7. The molecule has 0 unspecified atom stereocenters. The van der Waals surface area contributed by atoms with E-state index in [-0.39, 0.29) is 11.7 Å². The molecule has 0 saturated heterocycles. The Morgan fingerprint density at radius 3 is 2.75 bits per heavy atom. The highest BCUT2D eigenvalue weighted by molar-refractivity contribution is 5.52. The number of hydrogen-bond acceptors (Lipinski definition) is 6. The van der Waals surface area contributed by atoms with Gasteiger partial charge in [0.25, 0.3) is 5.89 Å². The quantitative estimate of drug-likeness (QED) is 0.675. The first-order valence-corrected chi connectivity index (χ1v) is 6.45. The van der Waals surface area contributed by atoms with Gasteiger partial charge in [-0.3, -0.25) is 0 Å². The van der Waals surface area contributed by atoms with Gasteiger partial charge in [-0.15, -0.1) is 0 Å². The molecule has 0 radical (unpaired) electrons. The first-order chi connectivity index (χ1) is 9.51. The Morgan fingerprint density at radius 2 is 2.15 bits per heavy atom. The van der Waals surface area contributed by atoms with Crippen molar-refractivity contribution >= 4 is 5.82 Å². The topological polar surface area (TPSA) is 113 Å². The number of nitro groups is 1. The molecule has 0 aromatic carbocycles. The van der Waals surface area contributed by atoms with Gasteiger partial charge in [-0.05, 0) is 23.8 Å². The lowest BCUT2D eigenvalue weighted by atomic mass is 9.99. The summed E-state index contributed by atoms with van der Waals surface area (Å²) in [7, 11) is 1.59. The predicted octanol–water partition coefficient (Wildman–Crippen LogP) is 1.71. The Labute approximate surface area is 114 Å². The Morgan fingerprint density at radius 1 is 1.45 bits per heavy atom. The summed E-state index contributed by atoms with van der Waals surface area (Å²) in [5.41, 5.74) is 6.25. The second-order valence-electron chi connectivity index (χ2n) is 5.18. The van der Waals surface area contributed by atoms with Crippen LogP contribution in [-0.4, -0.2) is 19.6 Å². The van der Waals surface area contributed by atoms with Gasteiger partial charge in [0, 0.05) is 6.07 Å². The maximum Gasteiger partial charge on any atom is 0.323 e. The zero-order valence-corrected chi connectivity index (χ0v) is 11.1. The van der Waals surface area contributed by atoms with E-state index in [2.05, 4.69) is 10.1 Å². The van der Waals surface area contributed by atoms with Gasteiger partial charge in [-0.25, -0.2) is 4.57 Å². The van der Waals surface area contributed by atoms with Crippen LogP contribution in [0.25, 0.3) is 11.6 Å². The molecule has 0 atom stereocenters. The van der Waals surface area contributed by atoms with Gasteiger partial charge in [-0.1, -0.05) is 18.0 Å². The minimum Gasteiger partial charge on any atom is -0.358 e. The average molecular weight is 277 g/mol. The first kappa shape index (κ1) is 12.8. The fourth-order valence-corrected chi connectivity index (χ4v) is 2.66. The standard InChI is InChI=1S/C12H15N5O3/c1-16-8(4-5-9(16)17(18)19)10-14-11(15-20-10)12(13)6-2-3-7-12/h4-5H,2-3,6-7,13H2,1H3. The largest absolute Gasteiger partial charge is 0.358 e. The van der Waals surface area contributed by atoms with Crippen LogP contribution in [0, 0.1) is 10.1 Å². The third kappa shape index (κ3) is 1.88. The third-order valence-corrected chi connectivity index (χ3v) is 3.87. The zero-order chi connectivity index (χ0) is 14.3. The molecule has 0 spiro atoms. The van der Waals surface area contributed by atoms with Gasteiger partial charge < -0.3 is 20.4 Å². The maximum absolute atomic E-state index is 10.8. The van der Waals surface area contributed by atoms with Crippen molar-refractivity contribution in [1.82, 2.24) is 14.7 Å². The highest BCUT2D eigenvalue weighted by atomic mass is 16.6.